The molecule has 0 aromatic carbocycles. The van der Waals surface area contributed by atoms with Crippen molar-refractivity contribution >= 4 is 5.91 Å². The summed E-state index contributed by atoms with van der Waals surface area (Å²) in [5.41, 5.74) is 5.65. The number of amides is 1. The lowest BCUT2D eigenvalue weighted by molar-refractivity contribution is -0.136. The van der Waals surface area contributed by atoms with Crippen LogP contribution >= 0.6 is 0 Å². The van der Waals surface area contributed by atoms with Crippen molar-refractivity contribution in [1.82, 2.24) is 4.90 Å². The van der Waals surface area contributed by atoms with E-state index in [4.69, 9.17) is 5.73 Å². The number of carbonyl (C=O) groups excluding carboxylic acids is 1. The van der Waals surface area contributed by atoms with Gasteiger partial charge < -0.3 is 10.6 Å². The molecule has 0 spiro atoms. The molecule has 0 aromatic rings. The Morgan fingerprint density at radius 3 is 2.64 bits per heavy atom. The second-order valence-electron chi connectivity index (χ2n) is 3.07. The molecule has 2 N–H and O–H groups in total. The normalized spacial score (nSPS) is 19.3. The van der Waals surface area contributed by atoms with Crippen LogP contribution < -0.4 is 5.73 Å². The van der Waals surface area contributed by atoms with Crippen LogP contribution in [-0.4, -0.2) is 29.9 Å². The summed E-state index contributed by atoms with van der Waals surface area (Å²) in [4.78, 5) is 13.1. The van der Waals surface area contributed by atoms with Gasteiger partial charge in [-0.3, -0.25) is 4.79 Å². The second kappa shape index (κ2) is 3.72. The summed E-state index contributed by atoms with van der Waals surface area (Å²) in [5.74, 6) is 0.137. The molecular weight excluding hydrogens is 140 g/mol. The molecule has 1 fully saturated rings. The van der Waals surface area contributed by atoms with Crippen LogP contribution in [0.4, 0.5) is 0 Å². The van der Waals surface area contributed by atoms with E-state index in [1.54, 1.807) is 0 Å². The van der Waals surface area contributed by atoms with Crippen molar-refractivity contribution < 1.29 is 4.79 Å². The molecule has 0 saturated carbocycles. The van der Waals surface area contributed by atoms with E-state index in [-0.39, 0.29) is 11.9 Å². The summed E-state index contributed by atoms with van der Waals surface area (Å²) < 4.78 is 0. The zero-order chi connectivity index (χ0) is 8.27. The summed E-state index contributed by atoms with van der Waals surface area (Å²) in [6.45, 7) is 3.87. The van der Waals surface area contributed by atoms with Crippen molar-refractivity contribution in [2.24, 2.45) is 5.73 Å². The topological polar surface area (TPSA) is 46.3 Å². The fourth-order valence-electron chi connectivity index (χ4n) is 1.21. The van der Waals surface area contributed by atoms with Gasteiger partial charge in [-0.15, -0.1) is 0 Å². The lowest BCUT2D eigenvalue weighted by Gasteiger charge is -2.32. The Morgan fingerprint density at radius 2 is 2.27 bits per heavy atom. The maximum Gasteiger partial charge on any atom is 0.239 e. The van der Waals surface area contributed by atoms with Crippen LogP contribution in [-0.2, 0) is 4.79 Å². The Labute approximate surface area is 67.5 Å². The standard InChI is InChI=1S/C8H16N2O/c1-2-4-7(9)8(11)10-5-3-6-10/h7H,2-6,9H2,1H3/t7-/m0/s1. The van der Waals surface area contributed by atoms with Gasteiger partial charge in [-0.25, -0.2) is 0 Å². The van der Waals surface area contributed by atoms with Gasteiger partial charge in [0.2, 0.25) is 5.91 Å². The summed E-state index contributed by atoms with van der Waals surface area (Å²) >= 11 is 0. The molecule has 0 aliphatic carbocycles. The Hall–Kier alpha value is -0.570. The zero-order valence-corrected chi connectivity index (χ0v) is 7.05. The largest absolute Gasteiger partial charge is 0.341 e. The highest BCUT2D eigenvalue weighted by Gasteiger charge is 2.24. The Kier molecular flexibility index (Phi) is 2.88. The van der Waals surface area contributed by atoms with Gasteiger partial charge >= 0.3 is 0 Å². The zero-order valence-electron chi connectivity index (χ0n) is 7.05. The Balaban J connectivity index is 2.27. The van der Waals surface area contributed by atoms with Gasteiger partial charge in [0.05, 0.1) is 6.04 Å². The van der Waals surface area contributed by atoms with Gasteiger partial charge in [0.15, 0.2) is 0 Å². The molecule has 1 heterocycles. The third kappa shape index (κ3) is 1.93. The van der Waals surface area contributed by atoms with Crippen molar-refractivity contribution in [2.75, 3.05) is 13.1 Å². The highest BCUT2D eigenvalue weighted by molar-refractivity contribution is 5.82. The Morgan fingerprint density at radius 1 is 1.64 bits per heavy atom. The van der Waals surface area contributed by atoms with E-state index in [2.05, 4.69) is 0 Å². The van der Waals surface area contributed by atoms with Crippen LogP contribution in [0.3, 0.4) is 0 Å². The molecule has 0 aromatic heterocycles. The second-order valence-corrected chi connectivity index (χ2v) is 3.07. The average Bonchev–Trinajstić information content (AvgIpc) is 1.84. The smallest absolute Gasteiger partial charge is 0.239 e. The molecule has 3 nitrogen and oxygen atoms in total. The van der Waals surface area contributed by atoms with E-state index in [9.17, 15) is 4.79 Å². The van der Waals surface area contributed by atoms with Crippen LogP contribution in [0.15, 0.2) is 0 Å². The minimum absolute atomic E-state index is 0.137. The van der Waals surface area contributed by atoms with Crippen molar-refractivity contribution in [3.05, 3.63) is 0 Å². The fourth-order valence-corrected chi connectivity index (χ4v) is 1.21. The van der Waals surface area contributed by atoms with Crippen molar-refractivity contribution in [1.29, 1.82) is 0 Å². The molecule has 0 unspecified atom stereocenters. The number of hydrogen-bond acceptors (Lipinski definition) is 2. The van der Waals surface area contributed by atoms with Gasteiger partial charge in [-0.05, 0) is 12.8 Å². The molecule has 0 bridgehead atoms. The van der Waals surface area contributed by atoms with Gasteiger partial charge in [-0.1, -0.05) is 13.3 Å². The summed E-state index contributed by atoms with van der Waals surface area (Å²) in [5, 5.41) is 0. The fraction of sp³-hybridized carbons (Fsp3) is 0.875. The third-order valence-electron chi connectivity index (χ3n) is 2.08. The molecular formula is C8H16N2O. The van der Waals surface area contributed by atoms with Gasteiger partial charge in [0.25, 0.3) is 0 Å². The van der Waals surface area contributed by atoms with Gasteiger partial charge in [0.1, 0.15) is 0 Å². The first-order valence-electron chi connectivity index (χ1n) is 4.30. The number of hydrogen-bond donors (Lipinski definition) is 1. The highest BCUT2D eigenvalue weighted by Crippen LogP contribution is 2.08. The average molecular weight is 156 g/mol. The van der Waals surface area contributed by atoms with E-state index < -0.39 is 0 Å². The lowest BCUT2D eigenvalue weighted by atomic mass is 10.1. The van der Waals surface area contributed by atoms with Crippen molar-refractivity contribution in [3.63, 3.8) is 0 Å². The van der Waals surface area contributed by atoms with Crippen LogP contribution in [0.5, 0.6) is 0 Å². The summed E-state index contributed by atoms with van der Waals surface area (Å²) in [7, 11) is 0. The number of rotatable bonds is 3. The number of likely N-dealkylation sites (tertiary alicyclic amines) is 1. The van der Waals surface area contributed by atoms with E-state index >= 15 is 0 Å². The molecule has 1 amide bonds. The monoisotopic (exact) mass is 156 g/mol. The third-order valence-corrected chi connectivity index (χ3v) is 2.08. The number of carbonyl (C=O) groups is 1. The number of nitrogens with two attached hydrogens (primary N) is 1. The molecule has 1 atom stereocenters. The maximum atomic E-state index is 11.3. The molecule has 11 heavy (non-hydrogen) atoms. The molecule has 1 aliphatic heterocycles. The SMILES string of the molecule is CCC[C@H](N)C(=O)N1CCC1. The van der Waals surface area contributed by atoms with E-state index in [0.29, 0.717) is 0 Å². The predicted molar refractivity (Wildman–Crippen MR) is 44.1 cm³/mol. The molecule has 1 saturated heterocycles. The summed E-state index contributed by atoms with van der Waals surface area (Å²) in [6, 6.07) is -0.250. The summed E-state index contributed by atoms with van der Waals surface area (Å²) in [6.07, 6.45) is 2.95. The van der Waals surface area contributed by atoms with Crippen LogP contribution in [0.1, 0.15) is 26.2 Å². The molecule has 3 heteroatoms. The highest BCUT2D eigenvalue weighted by atomic mass is 16.2. The predicted octanol–water partition coefficient (Wildman–Crippen LogP) is 0.346. The molecule has 1 rings (SSSR count). The lowest BCUT2D eigenvalue weighted by Crippen LogP contribution is -2.50. The van der Waals surface area contributed by atoms with Crippen LogP contribution in [0.25, 0.3) is 0 Å². The van der Waals surface area contributed by atoms with E-state index in [0.717, 1.165) is 32.4 Å². The quantitative estimate of drug-likeness (QED) is 0.640. The van der Waals surface area contributed by atoms with Gasteiger partial charge in [0, 0.05) is 13.1 Å². The van der Waals surface area contributed by atoms with E-state index in [1.807, 2.05) is 11.8 Å². The maximum absolute atomic E-state index is 11.3. The molecule has 0 radical (unpaired) electrons. The van der Waals surface area contributed by atoms with Crippen molar-refractivity contribution in [2.45, 2.75) is 32.2 Å². The molecule has 1 aliphatic rings. The van der Waals surface area contributed by atoms with Crippen molar-refractivity contribution in [3.8, 4) is 0 Å². The first-order chi connectivity index (χ1) is 5.25. The first-order valence-corrected chi connectivity index (χ1v) is 4.30. The minimum Gasteiger partial charge on any atom is -0.341 e. The molecule has 64 valence electrons. The van der Waals surface area contributed by atoms with Crippen LogP contribution in [0, 0.1) is 0 Å². The minimum atomic E-state index is -0.250. The van der Waals surface area contributed by atoms with Gasteiger partial charge in [-0.2, -0.15) is 0 Å². The van der Waals surface area contributed by atoms with E-state index in [1.165, 1.54) is 0 Å². The Bertz CT molecular complexity index is 143. The number of nitrogens with zero attached hydrogens (tertiary/aromatic N) is 1. The first kappa shape index (κ1) is 8.53. The van der Waals surface area contributed by atoms with Crippen LogP contribution in [0.2, 0.25) is 0 Å².